The molecular weight excluding hydrogens is 342 g/mol. The Labute approximate surface area is 157 Å². The second kappa shape index (κ2) is 7.86. The average Bonchev–Trinajstić information content (AvgIpc) is 3.20. The fourth-order valence-corrected chi connectivity index (χ4v) is 2.97. The van der Waals surface area contributed by atoms with E-state index in [2.05, 4.69) is 5.10 Å². The molecule has 0 aliphatic carbocycles. The van der Waals surface area contributed by atoms with E-state index in [4.69, 9.17) is 0 Å². The number of aryl methyl sites for hydroxylation is 1. The minimum absolute atomic E-state index is 0.0593. The van der Waals surface area contributed by atoms with E-state index < -0.39 is 5.91 Å². The number of aromatic hydroxyl groups is 1. The molecule has 0 radical (unpaired) electrons. The highest BCUT2D eigenvalue weighted by molar-refractivity contribution is 6.10. The first-order chi connectivity index (χ1) is 13.0. The second-order valence-corrected chi connectivity index (χ2v) is 6.23. The first kappa shape index (κ1) is 18.4. The highest BCUT2D eigenvalue weighted by Crippen LogP contribution is 2.27. The lowest BCUT2D eigenvalue weighted by Crippen LogP contribution is -2.35. The van der Waals surface area contributed by atoms with Gasteiger partial charge in [0.2, 0.25) is 0 Å². The number of amides is 1. The number of aromatic nitrogens is 2. The SMILES string of the molecule is CCc1ccccc1N(CC(C)=O)C(=O)c1ccc(-n2cccn2)cc1O. The number of hydrogen-bond donors (Lipinski definition) is 1. The molecule has 0 aliphatic heterocycles. The zero-order valence-corrected chi connectivity index (χ0v) is 15.3. The van der Waals surface area contributed by atoms with Crippen LogP contribution >= 0.6 is 0 Å². The molecule has 1 heterocycles. The average molecular weight is 363 g/mol. The molecule has 6 nitrogen and oxygen atoms in total. The number of ketones is 1. The third-order valence-electron chi connectivity index (χ3n) is 4.27. The number of anilines is 1. The molecule has 0 atom stereocenters. The molecular formula is C21H21N3O3. The summed E-state index contributed by atoms with van der Waals surface area (Å²) in [7, 11) is 0. The van der Waals surface area contributed by atoms with Crippen molar-refractivity contribution in [3.63, 3.8) is 0 Å². The number of para-hydroxylation sites is 1. The Bertz CT molecular complexity index is 965. The van der Waals surface area contributed by atoms with Gasteiger partial charge in [0.05, 0.1) is 17.8 Å². The minimum Gasteiger partial charge on any atom is -0.507 e. The molecule has 138 valence electrons. The van der Waals surface area contributed by atoms with Crippen molar-refractivity contribution >= 4 is 17.4 Å². The number of rotatable bonds is 6. The summed E-state index contributed by atoms with van der Waals surface area (Å²) in [5.41, 5.74) is 2.41. The summed E-state index contributed by atoms with van der Waals surface area (Å²) in [5.74, 6) is -0.715. The topological polar surface area (TPSA) is 75.4 Å². The van der Waals surface area contributed by atoms with Gasteiger partial charge in [-0.25, -0.2) is 4.68 Å². The lowest BCUT2D eigenvalue weighted by Gasteiger charge is -2.24. The minimum atomic E-state index is -0.421. The second-order valence-electron chi connectivity index (χ2n) is 6.23. The third-order valence-corrected chi connectivity index (χ3v) is 4.27. The van der Waals surface area contributed by atoms with Crippen LogP contribution in [-0.2, 0) is 11.2 Å². The molecule has 0 bridgehead atoms. The van der Waals surface area contributed by atoms with Crippen LogP contribution in [0.15, 0.2) is 60.9 Å². The van der Waals surface area contributed by atoms with Crippen molar-refractivity contribution in [2.45, 2.75) is 20.3 Å². The van der Waals surface area contributed by atoms with Crippen LogP contribution in [0.4, 0.5) is 5.69 Å². The molecule has 3 aromatic rings. The molecule has 1 N–H and O–H groups in total. The number of phenols is 1. The monoisotopic (exact) mass is 363 g/mol. The quantitative estimate of drug-likeness (QED) is 0.728. The van der Waals surface area contributed by atoms with Crippen LogP contribution in [0.5, 0.6) is 5.75 Å². The summed E-state index contributed by atoms with van der Waals surface area (Å²) < 4.78 is 1.59. The molecule has 0 unspecified atom stereocenters. The predicted octanol–water partition coefficient (Wildman–Crippen LogP) is 3.38. The summed E-state index contributed by atoms with van der Waals surface area (Å²) in [6.45, 7) is 3.37. The molecule has 1 amide bonds. The van der Waals surface area contributed by atoms with Crippen LogP contribution in [0.25, 0.3) is 5.69 Å². The fourth-order valence-electron chi connectivity index (χ4n) is 2.97. The maximum atomic E-state index is 13.2. The van der Waals surface area contributed by atoms with Crippen molar-refractivity contribution in [3.8, 4) is 11.4 Å². The first-order valence-electron chi connectivity index (χ1n) is 8.73. The Balaban J connectivity index is 2.00. The number of benzene rings is 2. The molecule has 0 spiro atoms. The van der Waals surface area contributed by atoms with Crippen LogP contribution in [0.3, 0.4) is 0 Å². The summed E-state index contributed by atoms with van der Waals surface area (Å²) in [6.07, 6.45) is 4.10. The van der Waals surface area contributed by atoms with Crippen molar-refractivity contribution in [1.82, 2.24) is 9.78 Å². The maximum absolute atomic E-state index is 13.2. The normalized spacial score (nSPS) is 10.6. The Hall–Kier alpha value is -3.41. The molecule has 27 heavy (non-hydrogen) atoms. The molecule has 0 fully saturated rings. The molecule has 0 saturated carbocycles. The number of nitrogens with zero attached hydrogens (tertiary/aromatic N) is 3. The van der Waals surface area contributed by atoms with Gasteiger partial charge in [-0.15, -0.1) is 0 Å². The van der Waals surface area contributed by atoms with Crippen LogP contribution in [-0.4, -0.2) is 33.1 Å². The van der Waals surface area contributed by atoms with Crippen molar-refractivity contribution < 1.29 is 14.7 Å². The zero-order chi connectivity index (χ0) is 19.4. The standard InChI is InChI=1S/C21H21N3O3/c1-3-16-7-4-5-8-19(16)23(14-15(2)25)21(27)18-10-9-17(13-20(18)26)24-12-6-11-22-24/h4-13,26H,3,14H2,1-2H3. The van der Waals surface area contributed by atoms with Gasteiger partial charge in [0.15, 0.2) is 0 Å². The molecule has 0 aliphatic rings. The molecule has 2 aromatic carbocycles. The number of hydrogen-bond acceptors (Lipinski definition) is 4. The number of Topliss-reactive ketones (excluding diaryl/α,β-unsaturated/α-hetero) is 1. The lowest BCUT2D eigenvalue weighted by molar-refractivity contribution is -0.115. The number of phenolic OH excluding ortho intramolecular Hbond substituents is 1. The Morgan fingerprint density at radius 3 is 2.56 bits per heavy atom. The summed E-state index contributed by atoms with van der Waals surface area (Å²) in [6, 6.07) is 14.0. The van der Waals surface area contributed by atoms with Gasteiger partial charge in [0.1, 0.15) is 11.5 Å². The van der Waals surface area contributed by atoms with Crippen molar-refractivity contribution in [1.29, 1.82) is 0 Å². The summed E-state index contributed by atoms with van der Waals surface area (Å²) >= 11 is 0. The van der Waals surface area contributed by atoms with Crippen LogP contribution < -0.4 is 4.90 Å². The van der Waals surface area contributed by atoms with Crippen LogP contribution in [0.2, 0.25) is 0 Å². The van der Waals surface area contributed by atoms with E-state index in [9.17, 15) is 14.7 Å². The van der Waals surface area contributed by atoms with Crippen molar-refractivity contribution in [2.75, 3.05) is 11.4 Å². The first-order valence-corrected chi connectivity index (χ1v) is 8.73. The van der Waals surface area contributed by atoms with E-state index in [1.807, 2.05) is 31.2 Å². The molecule has 6 heteroatoms. The van der Waals surface area contributed by atoms with Crippen molar-refractivity contribution in [3.05, 3.63) is 72.1 Å². The van der Waals surface area contributed by atoms with Crippen molar-refractivity contribution in [2.24, 2.45) is 0 Å². The van der Waals surface area contributed by atoms with Gasteiger partial charge >= 0.3 is 0 Å². The smallest absolute Gasteiger partial charge is 0.262 e. The molecule has 1 aromatic heterocycles. The Morgan fingerprint density at radius 2 is 1.93 bits per heavy atom. The van der Waals surface area contributed by atoms with E-state index in [1.54, 1.807) is 35.3 Å². The lowest BCUT2D eigenvalue weighted by atomic mass is 10.1. The predicted molar refractivity (Wildman–Crippen MR) is 103 cm³/mol. The van der Waals surface area contributed by atoms with Gasteiger partial charge in [0, 0.05) is 24.1 Å². The number of carbonyl (C=O) groups excluding carboxylic acids is 2. The van der Waals surface area contributed by atoms with Gasteiger partial charge in [-0.05, 0) is 43.2 Å². The maximum Gasteiger partial charge on any atom is 0.262 e. The van der Waals surface area contributed by atoms with Crippen LogP contribution in [0, 0.1) is 0 Å². The van der Waals surface area contributed by atoms with E-state index >= 15 is 0 Å². The third kappa shape index (κ3) is 3.89. The Kier molecular flexibility index (Phi) is 5.35. The molecule has 3 rings (SSSR count). The zero-order valence-electron chi connectivity index (χ0n) is 15.3. The Morgan fingerprint density at radius 1 is 1.15 bits per heavy atom. The van der Waals surface area contributed by atoms with Gasteiger partial charge in [-0.3, -0.25) is 9.59 Å². The number of carbonyl (C=O) groups is 2. The largest absolute Gasteiger partial charge is 0.507 e. The van der Waals surface area contributed by atoms with E-state index in [-0.39, 0.29) is 23.6 Å². The van der Waals surface area contributed by atoms with Gasteiger partial charge < -0.3 is 10.0 Å². The van der Waals surface area contributed by atoms with E-state index in [0.29, 0.717) is 11.4 Å². The van der Waals surface area contributed by atoms with E-state index in [1.165, 1.54) is 17.9 Å². The summed E-state index contributed by atoms with van der Waals surface area (Å²) in [4.78, 5) is 26.4. The van der Waals surface area contributed by atoms with Gasteiger partial charge in [-0.2, -0.15) is 5.10 Å². The fraction of sp³-hybridized carbons (Fsp3) is 0.190. The van der Waals surface area contributed by atoms with Crippen LogP contribution in [0.1, 0.15) is 29.8 Å². The highest BCUT2D eigenvalue weighted by Gasteiger charge is 2.23. The molecule has 0 saturated heterocycles. The summed E-state index contributed by atoms with van der Waals surface area (Å²) in [5, 5.41) is 14.6. The van der Waals surface area contributed by atoms with E-state index in [0.717, 1.165) is 12.0 Å². The highest BCUT2D eigenvalue weighted by atomic mass is 16.3. The van der Waals surface area contributed by atoms with Gasteiger partial charge in [-0.1, -0.05) is 25.1 Å². The van der Waals surface area contributed by atoms with Gasteiger partial charge in [0.25, 0.3) is 5.91 Å².